The van der Waals surface area contributed by atoms with Crippen molar-refractivity contribution in [1.29, 1.82) is 0 Å². The molecule has 5 heteroatoms. The summed E-state index contributed by atoms with van der Waals surface area (Å²) in [7, 11) is 1.95. The van der Waals surface area contributed by atoms with E-state index in [4.69, 9.17) is 9.47 Å². The summed E-state index contributed by atoms with van der Waals surface area (Å²) in [5, 5.41) is 0. The lowest BCUT2D eigenvalue weighted by Gasteiger charge is -2.13. The average molecular weight is 538 g/mol. The monoisotopic (exact) mass is 537 g/mol. The van der Waals surface area contributed by atoms with Crippen LogP contribution in [0.3, 0.4) is 0 Å². The van der Waals surface area contributed by atoms with Crippen molar-refractivity contribution < 1.29 is 18.6 Å². The van der Waals surface area contributed by atoms with Crippen LogP contribution in [0.2, 0.25) is 0 Å². The summed E-state index contributed by atoms with van der Waals surface area (Å²) in [6, 6.07) is 35.6. The van der Waals surface area contributed by atoms with Gasteiger partial charge in [0.1, 0.15) is 23.0 Å². The van der Waals surface area contributed by atoms with Crippen LogP contribution in [0, 0.1) is 20.8 Å². The Labute approximate surface area is 240 Å². The summed E-state index contributed by atoms with van der Waals surface area (Å²) in [5.41, 5.74) is 8.63. The van der Waals surface area contributed by atoms with Crippen molar-refractivity contribution in [3.8, 4) is 45.4 Å². The molecule has 1 aliphatic rings. The summed E-state index contributed by atoms with van der Waals surface area (Å²) in [6.45, 7) is 6.36. The quantitative estimate of drug-likeness (QED) is 0.195. The molecular formula is C36H31N3O2+2. The Bertz CT molecular complexity index is 1880. The molecule has 0 atom stereocenters. The van der Waals surface area contributed by atoms with Gasteiger partial charge in [-0.2, -0.15) is 0 Å². The first kappa shape index (κ1) is 26.0. The molecule has 0 radical (unpaired) electrons. The van der Waals surface area contributed by atoms with Gasteiger partial charge in [0.2, 0.25) is 11.9 Å². The van der Waals surface area contributed by atoms with Gasteiger partial charge in [-0.1, -0.05) is 45.5 Å². The van der Waals surface area contributed by atoms with E-state index in [9.17, 15) is 0 Å². The van der Waals surface area contributed by atoms with Gasteiger partial charge >= 0.3 is 6.01 Å². The van der Waals surface area contributed by atoms with Crippen LogP contribution in [-0.2, 0) is 0 Å². The molecule has 0 unspecified atom stereocenters. The molecule has 0 saturated carbocycles. The standard InChI is InChI=1S/C36H31N3O2/c1-25-14-15-36(27(3)26(25)2)41-33-12-5-8-28(20-33)29-16-17-37-35(22-29)30-9-6-11-32(21-30)40-34-13-7-10-31(23-34)39-19-18-38(4)24-39/h5-23H,1-4H3/q+2. The minimum absolute atomic E-state index is 0.744. The van der Waals surface area contributed by atoms with Crippen molar-refractivity contribution in [2.24, 2.45) is 0 Å². The Kier molecular flexibility index (Phi) is 7.03. The van der Waals surface area contributed by atoms with Crippen molar-refractivity contribution in [3.63, 3.8) is 0 Å². The second-order valence-electron chi connectivity index (χ2n) is 10.2. The Balaban J connectivity index is 1.24. The van der Waals surface area contributed by atoms with E-state index in [1.807, 2.05) is 108 Å². The minimum Gasteiger partial charge on any atom is -0.457 e. The fourth-order valence-corrected chi connectivity index (χ4v) is 4.77. The molecule has 200 valence electrons. The van der Waals surface area contributed by atoms with E-state index in [-0.39, 0.29) is 0 Å². The number of nitrogens with zero attached hydrogens (tertiary/aromatic N) is 3. The maximum atomic E-state index is 6.30. The smallest absolute Gasteiger partial charge is 0.457 e. The van der Waals surface area contributed by atoms with E-state index >= 15 is 0 Å². The fraction of sp³-hybridized carbons (Fsp3) is 0.111. The lowest BCUT2D eigenvalue weighted by atomic mass is 10.0. The Morgan fingerprint density at radius 1 is 0.634 bits per heavy atom. The van der Waals surface area contributed by atoms with Crippen LogP contribution < -0.4 is 9.47 Å². The van der Waals surface area contributed by atoms with Crippen molar-refractivity contribution in [2.45, 2.75) is 20.8 Å². The maximum absolute atomic E-state index is 6.30. The van der Waals surface area contributed by atoms with Crippen molar-refractivity contribution >= 4 is 11.7 Å². The first-order valence-corrected chi connectivity index (χ1v) is 13.6. The van der Waals surface area contributed by atoms with E-state index in [1.165, 1.54) is 11.1 Å². The van der Waals surface area contributed by atoms with Crippen LogP contribution in [0.15, 0.2) is 116 Å². The normalized spacial score (nSPS) is 12.2. The van der Waals surface area contributed by atoms with Crippen LogP contribution in [-0.4, -0.2) is 27.2 Å². The molecule has 5 aromatic rings. The maximum Gasteiger partial charge on any atom is 0.495 e. The van der Waals surface area contributed by atoms with E-state index in [1.54, 1.807) is 0 Å². The van der Waals surface area contributed by atoms with Crippen molar-refractivity contribution in [2.75, 3.05) is 7.05 Å². The molecule has 6 rings (SSSR count). The number of benzene rings is 4. The average Bonchev–Trinajstić information content (AvgIpc) is 3.44. The molecule has 1 aliphatic heterocycles. The molecule has 1 aromatic heterocycles. The molecule has 0 amide bonds. The summed E-state index contributed by atoms with van der Waals surface area (Å²) in [5.74, 6) is 3.18. The third kappa shape index (κ3) is 5.72. The zero-order chi connectivity index (χ0) is 28.3. The predicted molar refractivity (Wildman–Crippen MR) is 163 cm³/mol. The van der Waals surface area contributed by atoms with Gasteiger partial charge in [0, 0.05) is 17.8 Å². The summed E-state index contributed by atoms with van der Waals surface area (Å²) < 4.78 is 16.4. The second-order valence-corrected chi connectivity index (χ2v) is 10.2. The number of pyridine rings is 1. The SMILES string of the molecule is Cc1ccc(Oc2cccc(-c3ccnc(-c4cccc(Oc5cccc([N+]6=C=[N+](C)C=C6)c5)c4)c3)c2)c(C)c1C. The number of hydrogen-bond acceptors (Lipinski definition) is 3. The van der Waals surface area contributed by atoms with Crippen LogP contribution in [0.25, 0.3) is 22.4 Å². The second kappa shape index (κ2) is 11.1. The van der Waals surface area contributed by atoms with E-state index in [2.05, 4.69) is 56.0 Å². The fourth-order valence-electron chi connectivity index (χ4n) is 4.77. The highest BCUT2D eigenvalue weighted by Gasteiger charge is 2.17. The third-order valence-electron chi connectivity index (χ3n) is 7.33. The zero-order valence-corrected chi connectivity index (χ0v) is 23.6. The lowest BCUT2D eigenvalue weighted by Crippen LogP contribution is -1.94. The third-order valence-corrected chi connectivity index (χ3v) is 7.33. The first-order valence-electron chi connectivity index (χ1n) is 13.6. The summed E-state index contributed by atoms with van der Waals surface area (Å²) >= 11 is 0. The van der Waals surface area contributed by atoms with Gasteiger partial charge in [0.25, 0.3) is 6.20 Å². The first-order chi connectivity index (χ1) is 19.9. The molecular weight excluding hydrogens is 506 g/mol. The van der Waals surface area contributed by atoms with Crippen LogP contribution >= 0.6 is 0 Å². The molecule has 0 fully saturated rings. The topological polar surface area (TPSA) is 37.4 Å². The number of hydrogen-bond donors (Lipinski definition) is 0. The lowest BCUT2D eigenvalue weighted by molar-refractivity contribution is -0.429. The number of rotatable bonds is 7. The minimum atomic E-state index is 0.744. The van der Waals surface area contributed by atoms with Gasteiger partial charge in [-0.3, -0.25) is 4.98 Å². The molecule has 4 aromatic carbocycles. The van der Waals surface area contributed by atoms with Gasteiger partial charge in [-0.05, 0) is 97.1 Å². The molecule has 0 aliphatic carbocycles. The van der Waals surface area contributed by atoms with E-state index in [0.717, 1.165) is 56.6 Å². The molecule has 0 bridgehead atoms. The highest BCUT2D eigenvalue weighted by Crippen LogP contribution is 2.33. The van der Waals surface area contributed by atoms with Crippen LogP contribution in [0.4, 0.5) is 5.69 Å². The molecule has 0 N–H and O–H groups in total. The number of aryl methyl sites for hydroxylation is 1. The zero-order valence-electron chi connectivity index (χ0n) is 23.6. The van der Waals surface area contributed by atoms with Crippen LogP contribution in [0.1, 0.15) is 16.7 Å². The molecule has 0 saturated heterocycles. The Hall–Kier alpha value is -5.25. The van der Waals surface area contributed by atoms with Crippen molar-refractivity contribution in [1.82, 2.24) is 4.98 Å². The van der Waals surface area contributed by atoms with Gasteiger partial charge in [-0.15, -0.1) is 0 Å². The van der Waals surface area contributed by atoms with Crippen LogP contribution in [0.5, 0.6) is 23.0 Å². The highest BCUT2D eigenvalue weighted by atomic mass is 16.5. The Morgan fingerprint density at radius 3 is 2.10 bits per heavy atom. The number of ether oxygens (including phenoxy) is 2. The van der Waals surface area contributed by atoms with Gasteiger partial charge < -0.3 is 9.47 Å². The largest absolute Gasteiger partial charge is 0.495 e. The molecule has 5 nitrogen and oxygen atoms in total. The highest BCUT2D eigenvalue weighted by molar-refractivity contribution is 5.72. The molecule has 2 heterocycles. The van der Waals surface area contributed by atoms with Gasteiger partial charge in [0.05, 0.1) is 11.8 Å². The summed E-state index contributed by atoms with van der Waals surface area (Å²) in [4.78, 5) is 4.66. The summed E-state index contributed by atoms with van der Waals surface area (Å²) in [6.07, 6.45) is 5.76. The Morgan fingerprint density at radius 2 is 1.32 bits per heavy atom. The number of aromatic nitrogens is 1. The van der Waals surface area contributed by atoms with E-state index in [0.29, 0.717) is 0 Å². The molecule has 0 spiro atoms. The molecule has 41 heavy (non-hydrogen) atoms. The van der Waals surface area contributed by atoms with Crippen molar-refractivity contribution in [3.05, 3.63) is 132 Å². The predicted octanol–water partition coefficient (Wildman–Crippen LogP) is 8.87. The van der Waals surface area contributed by atoms with Gasteiger partial charge in [-0.25, -0.2) is 0 Å². The van der Waals surface area contributed by atoms with Gasteiger partial charge in [0.15, 0.2) is 7.05 Å². The van der Waals surface area contributed by atoms with E-state index < -0.39 is 0 Å².